The van der Waals surface area contributed by atoms with Crippen LogP contribution in [0.4, 0.5) is 0 Å². The molecule has 1 aromatic rings. The summed E-state index contributed by atoms with van der Waals surface area (Å²) in [5.41, 5.74) is 2.37. The van der Waals surface area contributed by atoms with Crippen LogP contribution in [0.15, 0.2) is 17.0 Å². The van der Waals surface area contributed by atoms with E-state index in [0.717, 1.165) is 28.2 Å². The molecule has 0 amide bonds. The Morgan fingerprint density at radius 2 is 1.91 bits per heavy atom. The van der Waals surface area contributed by atoms with Gasteiger partial charge in [0.05, 0.1) is 6.10 Å². The minimum Gasteiger partial charge on any atom is -0.377 e. The Balaban J connectivity index is 2.02. The Bertz CT molecular complexity index is 664. The highest BCUT2D eigenvalue weighted by molar-refractivity contribution is 7.99. The van der Waals surface area contributed by atoms with Gasteiger partial charge in [-0.05, 0) is 43.0 Å². The number of thioether (sulfide) groups is 1. The summed E-state index contributed by atoms with van der Waals surface area (Å²) < 4.78 is 5.56. The van der Waals surface area contributed by atoms with Gasteiger partial charge in [-0.1, -0.05) is 0 Å². The van der Waals surface area contributed by atoms with Gasteiger partial charge in [-0.3, -0.25) is 14.4 Å². The lowest BCUT2D eigenvalue weighted by molar-refractivity contribution is -0.133. The molecule has 122 valence electrons. The summed E-state index contributed by atoms with van der Waals surface area (Å²) >= 11 is 1.75. The third-order valence-electron chi connectivity index (χ3n) is 4.74. The third kappa shape index (κ3) is 2.88. The maximum absolute atomic E-state index is 12.8. The molecule has 5 heteroatoms. The van der Waals surface area contributed by atoms with Gasteiger partial charge in [0, 0.05) is 36.2 Å². The van der Waals surface area contributed by atoms with Gasteiger partial charge in [0.25, 0.3) is 0 Å². The first-order valence-electron chi connectivity index (χ1n) is 7.93. The van der Waals surface area contributed by atoms with Crippen molar-refractivity contribution in [2.75, 3.05) is 12.9 Å². The number of hydrogen-bond donors (Lipinski definition) is 0. The number of hydrogen-bond acceptors (Lipinski definition) is 5. The number of ketones is 3. The molecule has 0 radical (unpaired) electrons. The van der Waals surface area contributed by atoms with Gasteiger partial charge in [0.2, 0.25) is 0 Å². The molecule has 2 aliphatic rings. The molecule has 1 atom stereocenters. The van der Waals surface area contributed by atoms with Crippen LogP contribution in [-0.4, -0.2) is 30.2 Å². The average molecular weight is 332 g/mol. The van der Waals surface area contributed by atoms with Crippen molar-refractivity contribution in [3.8, 4) is 0 Å². The minimum atomic E-state index is -1.10. The molecule has 23 heavy (non-hydrogen) atoms. The largest absolute Gasteiger partial charge is 0.377 e. The Hall–Kier alpha value is -1.46. The zero-order chi connectivity index (χ0) is 16.6. The summed E-state index contributed by atoms with van der Waals surface area (Å²) in [6, 6.07) is 3.68. The van der Waals surface area contributed by atoms with Crippen LogP contribution in [0.2, 0.25) is 0 Å². The Morgan fingerprint density at radius 3 is 2.57 bits per heavy atom. The zero-order valence-electron chi connectivity index (χ0n) is 13.4. The molecule has 1 aliphatic heterocycles. The lowest BCUT2D eigenvalue weighted by Crippen LogP contribution is -2.35. The minimum absolute atomic E-state index is 0.0308. The molecule has 0 saturated heterocycles. The molecule has 0 aromatic heterocycles. The molecule has 0 bridgehead atoms. The van der Waals surface area contributed by atoms with E-state index in [4.69, 9.17) is 4.74 Å². The molecule has 4 nitrogen and oxygen atoms in total. The molecular formula is C18H20O4S. The van der Waals surface area contributed by atoms with Crippen molar-refractivity contribution in [2.24, 2.45) is 5.92 Å². The number of benzene rings is 1. The van der Waals surface area contributed by atoms with Gasteiger partial charge in [-0.25, -0.2) is 0 Å². The Labute approximate surface area is 140 Å². The van der Waals surface area contributed by atoms with Crippen molar-refractivity contribution in [3.05, 3.63) is 28.8 Å². The van der Waals surface area contributed by atoms with Crippen LogP contribution in [0.25, 0.3) is 0 Å². The molecule has 1 fully saturated rings. The fourth-order valence-electron chi connectivity index (χ4n) is 3.51. The first kappa shape index (κ1) is 16.4. The van der Waals surface area contributed by atoms with Crippen LogP contribution in [-0.2, 0) is 14.3 Å². The van der Waals surface area contributed by atoms with E-state index in [-0.39, 0.29) is 23.5 Å². The lowest BCUT2D eigenvalue weighted by atomic mass is 9.80. The normalized spacial score (nSPS) is 22.1. The molecule has 1 unspecified atom stereocenters. The van der Waals surface area contributed by atoms with E-state index >= 15 is 0 Å². The molecule has 1 aliphatic carbocycles. The van der Waals surface area contributed by atoms with Crippen molar-refractivity contribution >= 4 is 29.1 Å². The standard InChI is InChI=1S/C18H20O4S/c1-10-11(18(21)17-12(19)4-3-5-13(17)20)6-7-15-16(10)14(22-2)8-9-23-15/h6-7,14,17H,3-5,8-9H2,1-2H3. The van der Waals surface area contributed by atoms with Gasteiger partial charge >= 0.3 is 0 Å². The quantitative estimate of drug-likeness (QED) is 0.628. The molecule has 3 rings (SSSR count). The number of rotatable bonds is 3. The second kappa shape index (κ2) is 6.57. The maximum Gasteiger partial charge on any atom is 0.181 e. The summed E-state index contributed by atoms with van der Waals surface area (Å²) in [5, 5.41) is 0. The number of carbonyl (C=O) groups excluding carboxylic acids is 3. The number of ether oxygens (including phenoxy) is 1. The lowest BCUT2D eigenvalue weighted by Gasteiger charge is -2.27. The Morgan fingerprint density at radius 1 is 1.22 bits per heavy atom. The van der Waals surface area contributed by atoms with E-state index in [1.54, 1.807) is 24.9 Å². The SMILES string of the molecule is COC1CCSc2ccc(C(=O)C3C(=O)CCCC3=O)c(C)c21. The monoisotopic (exact) mass is 332 g/mol. The number of Topliss-reactive ketones (excluding diaryl/α,β-unsaturated/α-hetero) is 3. The summed E-state index contributed by atoms with van der Waals surface area (Å²) in [7, 11) is 1.67. The molecule has 0 N–H and O–H groups in total. The predicted octanol–water partition coefficient (Wildman–Crippen LogP) is 3.30. The summed E-state index contributed by atoms with van der Waals surface area (Å²) in [4.78, 5) is 38.1. The van der Waals surface area contributed by atoms with E-state index < -0.39 is 5.92 Å². The summed E-state index contributed by atoms with van der Waals surface area (Å²) in [6.07, 6.45) is 2.07. The van der Waals surface area contributed by atoms with Gasteiger partial charge in [-0.15, -0.1) is 11.8 Å². The zero-order valence-corrected chi connectivity index (χ0v) is 14.2. The van der Waals surface area contributed by atoms with Gasteiger partial charge < -0.3 is 4.74 Å². The van der Waals surface area contributed by atoms with Crippen LogP contribution >= 0.6 is 11.8 Å². The van der Waals surface area contributed by atoms with E-state index in [1.165, 1.54) is 0 Å². The van der Waals surface area contributed by atoms with E-state index in [1.807, 2.05) is 13.0 Å². The smallest absolute Gasteiger partial charge is 0.181 e. The predicted molar refractivity (Wildman–Crippen MR) is 88.0 cm³/mol. The second-order valence-corrected chi connectivity index (χ2v) is 7.23. The average Bonchev–Trinajstić information content (AvgIpc) is 2.54. The highest BCUT2D eigenvalue weighted by Crippen LogP contribution is 2.41. The van der Waals surface area contributed by atoms with Crippen molar-refractivity contribution in [1.82, 2.24) is 0 Å². The Kier molecular flexibility index (Phi) is 4.69. The van der Waals surface area contributed by atoms with E-state index in [0.29, 0.717) is 24.8 Å². The topological polar surface area (TPSA) is 60.4 Å². The van der Waals surface area contributed by atoms with Crippen LogP contribution in [0, 0.1) is 12.8 Å². The maximum atomic E-state index is 12.8. The third-order valence-corrected chi connectivity index (χ3v) is 5.84. The first-order valence-corrected chi connectivity index (χ1v) is 8.92. The number of methoxy groups -OCH3 is 1. The van der Waals surface area contributed by atoms with Crippen LogP contribution in [0.1, 0.15) is 53.3 Å². The summed E-state index contributed by atoms with van der Waals surface area (Å²) in [6.45, 7) is 1.89. The van der Waals surface area contributed by atoms with Crippen LogP contribution in [0.5, 0.6) is 0 Å². The van der Waals surface area contributed by atoms with E-state index in [9.17, 15) is 14.4 Å². The highest BCUT2D eigenvalue weighted by Gasteiger charge is 2.37. The second-order valence-electron chi connectivity index (χ2n) is 6.09. The molecular weight excluding hydrogens is 312 g/mol. The van der Waals surface area contributed by atoms with Crippen LogP contribution in [0.3, 0.4) is 0 Å². The number of fused-ring (bicyclic) bond motifs is 1. The summed E-state index contributed by atoms with van der Waals surface area (Å²) in [5.74, 6) is -0.928. The fourth-order valence-corrected chi connectivity index (χ4v) is 4.66. The van der Waals surface area contributed by atoms with Gasteiger partial charge in [0.1, 0.15) is 5.92 Å². The van der Waals surface area contributed by atoms with Crippen LogP contribution < -0.4 is 0 Å². The first-order chi connectivity index (χ1) is 11.0. The van der Waals surface area contributed by atoms with Crippen molar-refractivity contribution in [1.29, 1.82) is 0 Å². The molecule has 1 saturated carbocycles. The molecule has 1 heterocycles. The van der Waals surface area contributed by atoms with Crippen molar-refractivity contribution in [2.45, 2.75) is 43.6 Å². The van der Waals surface area contributed by atoms with E-state index in [2.05, 4.69) is 0 Å². The van der Waals surface area contributed by atoms with Crippen molar-refractivity contribution < 1.29 is 19.1 Å². The molecule has 0 spiro atoms. The fraction of sp³-hybridized carbons (Fsp3) is 0.500. The highest BCUT2D eigenvalue weighted by atomic mass is 32.2. The van der Waals surface area contributed by atoms with Crippen molar-refractivity contribution in [3.63, 3.8) is 0 Å². The number of carbonyl (C=O) groups is 3. The molecule has 1 aromatic carbocycles. The van der Waals surface area contributed by atoms with Gasteiger partial charge in [-0.2, -0.15) is 0 Å². The van der Waals surface area contributed by atoms with Gasteiger partial charge in [0.15, 0.2) is 17.3 Å².